The molecule has 0 saturated carbocycles. The molecule has 0 bridgehead atoms. The second-order valence-corrected chi connectivity index (χ2v) is 11.2. The predicted octanol–water partition coefficient (Wildman–Crippen LogP) is 5.16. The molecule has 0 radical (unpaired) electrons. The first-order valence-corrected chi connectivity index (χ1v) is 14.5. The van der Waals surface area contributed by atoms with Gasteiger partial charge in [0.05, 0.1) is 0 Å². The Hall–Kier alpha value is -4.24. The highest BCUT2D eigenvalue weighted by molar-refractivity contribution is 5.82. The molecule has 2 N–H and O–H groups in total. The number of nitrogens with zero attached hydrogens (tertiary/aromatic N) is 5. The minimum Gasteiger partial charge on any atom is -0.465 e. The van der Waals surface area contributed by atoms with Crippen molar-refractivity contribution >= 4 is 23.1 Å². The topological polar surface area (TPSA) is 104 Å². The van der Waals surface area contributed by atoms with E-state index in [1.165, 1.54) is 10.5 Å². The Morgan fingerprint density at radius 1 is 0.951 bits per heavy atom. The summed E-state index contributed by atoms with van der Waals surface area (Å²) in [6.45, 7) is 5.70. The first kappa shape index (κ1) is 27.0. The molecule has 0 unspecified atom stereocenters. The van der Waals surface area contributed by atoms with Gasteiger partial charge in [-0.25, -0.2) is 9.78 Å². The van der Waals surface area contributed by atoms with Crippen molar-refractivity contribution in [2.45, 2.75) is 51.2 Å². The zero-order valence-electron chi connectivity index (χ0n) is 23.4. The molecule has 6 rings (SSSR count). The molecular weight excluding hydrogens is 516 g/mol. The van der Waals surface area contributed by atoms with E-state index >= 15 is 0 Å². The molecule has 1 amide bonds. The number of fused-ring (bicyclic) bond motifs is 1. The van der Waals surface area contributed by atoms with Gasteiger partial charge in [0, 0.05) is 62.0 Å². The van der Waals surface area contributed by atoms with Gasteiger partial charge in [0.15, 0.2) is 0 Å². The van der Waals surface area contributed by atoms with Gasteiger partial charge < -0.3 is 15.3 Å². The molecule has 4 heterocycles. The number of aromatic nitrogens is 3. The van der Waals surface area contributed by atoms with Gasteiger partial charge in [0.2, 0.25) is 5.95 Å². The number of amides is 1. The number of hydrogen-bond acceptors (Lipinski definition) is 6. The van der Waals surface area contributed by atoms with Gasteiger partial charge in [-0.3, -0.25) is 14.3 Å². The van der Waals surface area contributed by atoms with Crippen LogP contribution in [0.4, 0.5) is 10.7 Å². The normalized spacial score (nSPS) is 17.1. The van der Waals surface area contributed by atoms with Crippen molar-refractivity contribution in [2.75, 3.05) is 31.5 Å². The number of benzene rings is 2. The van der Waals surface area contributed by atoms with Crippen LogP contribution < -0.4 is 10.9 Å². The van der Waals surface area contributed by atoms with Crippen molar-refractivity contribution in [3.63, 3.8) is 0 Å². The van der Waals surface area contributed by atoms with E-state index in [1.54, 1.807) is 6.20 Å². The van der Waals surface area contributed by atoms with E-state index in [9.17, 15) is 14.7 Å². The van der Waals surface area contributed by atoms with E-state index in [0.29, 0.717) is 43.1 Å². The zero-order chi connectivity index (χ0) is 28.3. The largest absolute Gasteiger partial charge is 0.465 e. The van der Waals surface area contributed by atoms with E-state index in [-0.39, 0.29) is 17.6 Å². The molecule has 2 saturated heterocycles. The third-order valence-corrected chi connectivity index (χ3v) is 8.48. The van der Waals surface area contributed by atoms with Crippen LogP contribution in [0.25, 0.3) is 22.2 Å². The van der Waals surface area contributed by atoms with Gasteiger partial charge in [-0.15, -0.1) is 0 Å². The van der Waals surface area contributed by atoms with Crippen LogP contribution in [0, 0.1) is 6.92 Å². The van der Waals surface area contributed by atoms with Crippen molar-refractivity contribution in [3.05, 3.63) is 88.3 Å². The Bertz CT molecular complexity index is 1590. The average molecular weight is 553 g/mol. The lowest BCUT2D eigenvalue weighted by molar-refractivity contribution is 0.133. The number of rotatable bonds is 6. The number of piperidine rings is 2. The molecule has 2 aromatic heterocycles. The predicted molar refractivity (Wildman–Crippen MR) is 160 cm³/mol. The number of anilines is 1. The molecule has 0 spiro atoms. The lowest BCUT2D eigenvalue weighted by Gasteiger charge is -2.33. The summed E-state index contributed by atoms with van der Waals surface area (Å²) in [5.41, 5.74) is 4.59. The van der Waals surface area contributed by atoms with Crippen LogP contribution in [-0.4, -0.2) is 67.8 Å². The number of likely N-dealkylation sites (tertiary alicyclic amines) is 2. The summed E-state index contributed by atoms with van der Waals surface area (Å²) in [6.07, 6.45) is 4.02. The second-order valence-electron chi connectivity index (χ2n) is 11.2. The molecular formula is C32H36N6O3. The second kappa shape index (κ2) is 11.7. The Balaban J connectivity index is 1.32. The standard InChI is InChI=1S/C32H36N6O3/c1-22-7-5-6-10-27(22)28-19-24-20-33-31(34-25-11-17-37(18-12-25)32(40)41)35-29(24)38(30(28)39)26-13-15-36(16-14-26)21-23-8-3-2-4-9-23/h2-10,19-20,25-26H,11-18,21H2,1H3,(H,40,41)(H,33,34,35). The van der Waals surface area contributed by atoms with Gasteiger partial charge in [-0.1, -0.05) is 54.6 Å². The van der Waals surface area contributed by atoms with Gasteiger partial charge in [0.25, 0.3) is 5.56 Å². The zero-order valence-corrected chi connectivity index (χ0v) is 23.4. The summed E-state index contributed by atoms with van der Waals surface area (Å²) in [4.78, 5) is 38.9. The summed E-state index contributed by atoms with van der Waals surface area (Å²) >= 11 is 0. The first-order chi connectivity index (χ1) is 20.0. The number of carbonyl (C=O) groups is 1. The monoisotopic (exact) mass is 552 g/mol. The molecule has 4 aromatic rings. The lowest BCUT2D eigenvalue weighted by atomic mass is 9.99. The number of aryl methyl sites for hydroxylation is 1. The fourth-order valence-electron chi connectivity index (χ4n) is 6.17. The SMILES string of the molecule is Cc1ccccc1-c1cc2cnc(NC3CCN(C(=O)O)CC3)nc2n(C2CCN(Cc3ccccc3)CC2)c1=O. The van der Waals surface area contributed by atoms with E-state index in [0.717, 1.165) is 49.0 Å². The van der Waals surface area contributed by atoms with E-state index in [2.05, 4.69) is 39.5 Å². The summed E-state index contributed by atoms with van der Waals surface area (Å²) in [5.74, 6) is 0.476. The van der Waals surface area contributed by atoms with Crippen LogP contribution in [0.15, 0.2) is 71.7 Å². The highest BCUT2D eigenvalue weighted by Gasteiger charge is 2.26. The van der Waals surface area contributed by atoms with Crippen LogP contribution in [0.5, 0.6) is 0 Å². The number of hydrogen-bond donors (Lipinski definition) is 2. The molecule has 2 fully saturated rings. The Morgan fingerprint density at radius 2 is 1.66 bits per heavy atom. The van der Waals surface area contributed by atoms with Gasteiger partial charge in [-0.05, 0) is 55.4 Å². The van der Waals surface area contributed by atoms with Gasteiger partial charge in [0.1, 0.15) is 5.65 Å². The molecule has 212 valence electrons. The van der Waals surface area contributed by atoms with Gasteiger partial charge >= 0.3 is 6.09 Å². The quantitative estimate of drug-likeness (QED) is 0.341. The van der Waals surface area contributed by atoms with Crippen LogP contribution in [0.1, 0.15) is 42.9 Å². The summed E-state index contributed by atoms with van der Waals surface area (Å²) < 4.78 is 1.91. The third kappa shape index (κ3) is 5.81. The minimum absolute atomic E-state index is 0.0206. The molecule has 0 aliphatic carbocycles. The maximum atomic E-state index is 14.2. The first-order valence-electron chi connectivity index (χ1n) is 14.5. The molecule has 41 heavy (non-hydrogen) atoms. The maximum absolute atomic E-state index is 14.2. The van der Waals surface area contributed by atoms with E-state index in [1.807, 2.05) is 47.9 Å². The highest BCUT2D eigenvalue weighted by Crippen LogP contribution is 2.29. The van der Waals surface area contributed by atoms with Gasteiger partial charge in [-0.2, -0.15) is 4.98 Å². The van der Waals surface area contributed by atoms with E-state index in [4.69, 9.17) is 4.98 Å². The van der Waals surface area contributed by atoms with Crippen molar-refractivity contribution in [2.24, 2.45) is 0 Å². The number of nitrogens with one attached hydrogen (secondary N) is 1. The minimum atomic E-state index is -0.881. The van der Waals surface area contributed by atoms with Crippen molar-refractivity contribution in [3.8, 4) is 11.1 Å². The fourth-order valence-corrected chi connectivity index (χ4v) is 6.17. The summed E-state index contributed by atoms with van der Waals surface area (Å²) in [5, 5.41) is 13.5. The molecule has 2 aliphatic heterocycles. The van der Waals surface area contributed by atoms with Crippen molar-refractivity contribution < 1.29 is 9.90 Å². The maximum Gasteiger partial charge on any atom is 0.407 e. The molecule has 9 heteroatoms. The Morgan fingerprint density at radius 3 is 2.37 bits per heavy atom. The molecule has 2 aliphatic rings. The summed E-state index contributed by atoms with van der Waals surface area (Å²) in [6, 6.07) is 20.5. The number of carboxylic acid groups (broad SMARTS) is 1. The summed E-state index contributed by atoms with van der Waals surface area (Å²) in [7, 11) is 0. The van der Waals surface area contributed by atoms with Crippen molar-refractivity contribution in [1.82, 2.24) is 24.3 Å². The highest BCUT2D eigenvalue weighted by atomic mass is 16.4. The smallest absolute Gasteiger partial charge is 0.407 e. The van der Waals surface area contributed by atoms with Crippen LogP contribution >= 0.6 is 0 Å². The van der Waals surface area contributed by atoms with Crippen LogP contribution in [0.3, 0.4) is 0 Å². The Labute approximate surface area is 239 Å². The molecule has 2 aromatic carbocycles. The van der Waals surface area contributed by atoms with Crippen LogP contribution in [0.2, 0.25) is 0 Å². The lowest BCUT2D eigenvalue weighted by Crippen LogP contribution is -2.42. The fraction of sp³-hybridized carbons (Fsp3) is 0.375. The molecule has 9 nitrogen and oxygen atoms in total. The third-order valence-electron chi connectivity index (χ3n) is 8.48. The Kier molecular flexibility index (Phi) is 7.69. The van der Waals surface area contributed by atoms with Crippen LogP contribution in [-0.2, 0) is 6.54 Å². The number of pyridine rings is 1. The van der Waals surface area contributed by atoms with Crippen molar-refractivity contribution in [1.29, 1.82) is 0 Å². The van der Waals surface area contributed by atoms with E-state index < -0.39 is 6.09 Å². The average Bonchev–Trinajstić information content (AvgIpc) is 2.99. The molecule has 0 atom stereocenters.